The molecule has 1 aliphatic heterocycles. The van der Waals surface area contributed by atoms with Gasteiger partial charge in [0, 0.05) is 25.6 Å². The zero-order valence-electron chi connectivity index (χ0n) is 19.9. The molecule has 1 aliphatic rings. The number of sulfonamides is 1. The summed E-state index contributed by atoms with van der Waals surface area (Å²) in [6.07, 6.45) is 2.29. The first kappa shape index (κ1) is 25.8. The maximum atomic E-state index is 12.6. The van der Waals surface area contributed by atoms with Crippen LogP contribution in [0, 0.1) is 0 Å². The molecule has 2 aromatic rings. The number of benzene rings is 2. The molecule has 1 unspecified atom stereocenters. The molecule has 1 fully saturated rings. The van der Waals surface area contributed by atoms with Crippen molar-refractivity contribution >= 4 is 15.9 Å². The number of carbonyl (C=O) groups is 1. The molecule has 0 saturated carbocycles. The van der Waals surface area contributed by atoms with Crippen LogP contribution in [0.15, 0.2) is 47.4 Å². The van der Waals surface area contributed by atoms with E-state index in [2.05, 4.69) is 14.9 Å². The van der Waals surface area contributed by atoms with Crippen molar-refractivity contribution in [1.29, 1.82) is 0 Å². The van der Waals surface area contributed by atoms with E-state index in [9.17, 15) is 13.2 Å². The van der Waals surface area contributed by atoms with Gasteiger partial charge in [-0.15, -0.1) is 0 Å². The number of methoxy groups -OCH3 is 3. The number of carbonyl (C=O) groups excluding carboxylic acids is 1. The van der Waals surface area contributed by atoms with Crippen LogP contribution >= 0.6 is 0 Å². The lowest BCUT2D eigenvalue weighted by atomic mass is 10.0. The van der Waals surface area contributed by atoms with E-state index in [4.69, 9.17) is 14.2 Å². The Kier molecular flexibility index (Phi) is 9.14. The fourth-order valence-electron chi connectivity index (χ4n) is 4.02. The minimum atomic E-state index is -3.80. The summed E-state index contributed by atoms with van der Waals surface area (Å²) in [6, 6.07) is 12.2. The van der Waals surface area contributed by atoms with Gasteiger partial charge in [-0.3, -0.25) is 9.69 Å². The summed E-state index contributed by atoms with van der Waals surface area (Å²) >= 11 is 0. The topological polar surface area (TPSA) is 106 Å². The number of ether oxygens (including phenoxy) is 3. The molecular weight excluding hydrogens is 458 g/mol. The molecule has 1 amide bonds. The lowest BCUT2D eigenvalue weighted by Crippen LogP contribution is -2.38. The molecule has 2 aromatic carbocycles. The fraction of sp³-hybridized carbons (Fsp3) is 0.458. The van der Waals surface area contributed by atoms with Crippen molar-refractivity contribution in [2.75, 3.05) is 47.5 Å². The van der Waals surface area contributed by atoms with Crippen LogP contribution in [-0.2, 0) is 14.8 Å². The summed E-state index contributed by atoms with van der Waals surface area (Å²) in [7, 11) is 0.753. The van der Waals surface area contributed by atoms with Crippen LogP contribution in [0.5, 0.6) is 17.2 Å². The van der Waals surface area contributed by atoms with Gasteiger partial charge in [0.05, 0.1) is 32.3 Å². The Morgan fingerprint density at radius 2 is 1.74 bits per heavy atom. The predicted molar refractivity (Wildman–Crippen MR) is 129 cm³/mol. The van der Waals surface area contributed by atoms with E-state index >= 15 is 0 Å². The van der Waals surface area contributed by atoms with Gasteiger partial charge in [0.1, 0.15) is 5.75 Å². The minimum absolute atomic E-state index is 0.0178. The number of hydrogen-bond acceptors (Lipinski definition) is 7. The molecule has 10 heteroatoms. The van der Waals surface area contributed by atoms with Gasteiger partial charge in [-0.1, -0.05) is 12.1 Å². The molecule has 3 rings (SSSR count). The third kappa shape index (κ3) is 6.62. The first-order valence-electron chi connectivity index (χ1n) is 11.2. The van der Waals surface area contributed by atoms with Crippen molar-refractivity contribution in [2.24, 2.45) is 0 Å². The third-order valence-electron chi connectivity index (χ3n) is 5.86. The number of nitrogens with zero attached hydrogens (tertiary/aromatic N) is 1. The highest BCUT2D eigenvalue weighted by atomic mass is 32.2. The lowest BCUT2D eigenvalue weighted by molar-refractivity contribution is -0.121. The van der Waals surface area contributed by atoms with Gasteiger partial charge < -0.3 is 19.5 Å². The van der Waals surface area contributed by atoms with Crippen molar-refractivity contribution in [1.82, 2.24) is 14.9 Å². The standard InChI is InChI=1S/C24H33N3O6S/c1-31-19-8-6-7-18(15-19)21(27-13-4-5-14-27)17-25-24(28)11-12-26-34(29,30)20-9-10-22(32-2)23(16-20)33-3/h6-10,15-16,21,26H,4-5,11-14,17H2,1-3H3,(H,25,28). The highest BCUT2D eigenvalue weighted by Crippen LogP contribution is 2.29. The second-order valence-corrected chi connectivity index (χ2v) is 9.77. The Bertz CT molecular complexity index is 1070. The maximum Gasteiger partial charge on any atom is 0.240 e. The molecule has 34 heavy (non-hydrogen) atoms. The van der Waals surface area contributed by atoms with Gasteiger partial charge in [-0.05, 0) is 55.8 Å². The van der Waals surface area contributed by atoms with E-state index in [1.54, 1.807) is 7.11 Å². The molecule has 0 aromatic heterocycles. The summed E-state index contributed by atoms with van der Waals surface area (Å²) in [5.41, 5.74) is 1.08. The van der Waals surface area contributed by atoms with Gasteiger partial charge in [0.2, 0.25) is 15.9 Å². The monoisotopic (exact) mass is 491 g/mol. The molecule has 1 atom stereocenters. The largest absolute Gasteiger partial charge is 0.497 e. The first-order chi connectivity index (χ1) is 16.4. The second kappa shape index (κ2) is 12.0. The fourth-order valence-corrected chi connectivity index (χ4v) is 5.07. The van der Waals surface area contributed by atoms with Crippen LogP contribution in [0.2, 0.25) is 0 Å². The molecule has 2 N–H and O–H groups in total. The number of nitrogens with one attached hydrogen (secondary N) is 2. The summed E-state index contributed by atoms with van der Waals surface area (Å²) in [5, 5.41) is 2.96. The first-order valence-corrected chi connectivity index (χ1v) is 12.7. The van der Waals surface area contributed by atoms with Gasteiger partial charge in [0.15, 0.2) is 11.5 Å². The van der Waals surface area contributed by atoms with Crippen molar-refractivity contribution < 1.29 is 27.4 Å². The van der Waals surface area contributed by atoms with E-state index in [1.165, 1.54) is 32.4 Å². The van der Waals surface area contributed by atoms with Crippen LogP contribution in [0.3, 0.4) is 0 Å². The van der Waals surface area contributed by atoms with E-state index in [0.29, 0.717) is 18.0 Å². The summed E-state index contributed by atoms with van der Waals surface area (Å²) < 4.78 is 43.4. The van der Waals surface area contributed by atoms with Crippen LogP contribution < -0.4 is 24.2 Å². The average molecular weight is 492 g/mol. The highest BCUT2D eigenvalue weighted by Gasteiger charge is 2.24. The normalized spacial score (nSPS) is 15.0. The van der Waals surface area contributed by atoms with Crippen molar-refractivity contribution in [3.63, 3.8) is 0 Å². The number of rotatable bonds is 12. The Morgan fingerprint density at radius 3 is 2.41 bits per heavy atom. The van der Waals surface area contributed by atoms with E-state index < -0.39 is 10.0 Å². The zero-order chi connectivity index (χ0) is 24.6. The van der Waals surface area contributed by atoms with Crippen LogP contribution in [0.4, 0.5) is 0 Å². The quantitative estimate of drug-likeness (QED) is 0.469. The molecule has 1 heterocycles. The maximum absolute atomic E-state index is 12.6. The lowest BCUT2D eigenvalue weighted by Gasteiger charge is -2.28. The van der Waals surface area contributed by atoms with E-state index in [0.717, 1.165) is 37.2 Å². The molecule has 9 nitrogen and oxygen atoms in total. The van der Waals surface area contributed by atoms with Crippen molar-refractivity contribution in [3.8, 4) is 17.2 Å². The minimum Gasteiger partial charge on any atom is -0.497 e. The summed E-state index contributed by atoms with van der Waals surface area (Å²) in [5.74, 6) is 1.30. The summed E-state index contributed by atoms with van der Waals surface area (Å²) in [6.45, 7) is 2.37. The van der Waals surface area contributed by atoms with Crippen LogP contribution in [0.25, 0.3) is 0 Å². The zero-order valence-corrected chi connectivity index (χ0v) is 20.7. The third-order valence-corrected chi connectivity index (χ3v) is 7.32. The van der Waals surface area contributed by atoms with Crippen LogP contribution in [0.1, 0.15) is 30.9 Å². The molecular formula is C24H33N3O6S. The molecule has 1 saturated heterocycles. The molecule has 186 valence electrons. The summed E-state index contributed by atoms with van der Waals surface area (Å²) in [4.78, 5) is 14.9. The average Bonchev–Trinajstić information content (AvgIpc) is 3.38. The van der Waals surface area contributed by atoms with Gasteiger partial charge in [-0.25, -0.2) is 13.1 Å². The molecule has 0 radical (unpaired) electrons. The predicted octanol–water partition coefficient (Wildman–Crippen LogP) is 2.33. The van der Waals surface area contributed by atoms with E-state index in [1.807, 2.05) is 24.3 Å². The van der Waals surface area contributed by atoms with Gasteiger partial charge in [0.25, 0.3) is 0 Å². The molecule has 0 spiro atoms. The Balaban J connectivity index is 1.56. The smallest absolute Gasteiger partial charge is 0.240 e. The Hall–Kier alpha value is -2.82. The highest BCUT2D eigenvalue weighted by molar-refractivity contribution is 7.89. The van der Waals surface area contributed by atoms with Gasteiger partial charge >= 0.3 is 0 Å². The van der Waals surface area contributed by atoms with Crippen LogP contribution in [-0.4, -0.2) is 66.7 Å². The Labute approximate surface area is 201 Å². The second-order valence-electron chi connectivity index (χ2n) is 8.00. The van der Waals surface area contributed by atoms with Crippen molar-refractivity contribution in [3.05, 3.63) is 48.0 Å². The van der Waals surface area contributed by atoms with Crippen molar-refractivity contribution in [2.45, 2.75) is 30.2 Å². The number of amides is 1. The number of likely N-dealkylation sites (tertiary alicyclic amines) is 1. The molecule has 0 bridgehead atoms. The molecule has 0 aliphatic carbocycles. The van der Waals surface area contributed by atoms with Gasteiger partial charge in [-0.2, -0.15) is 0 Å². The SMILES string of the molecule is COc1cccc(C(CNC(=O)CCNS(=O)(=O)c2ccc(OC)c(OC)c2)N2CCCC2)c1. The Morgan fingerprint density at radius 1 is 1.00 bits per heavy atom. The number of hydrogen-bond donors (Lipinski definition) is 2. The van der Waals surface area contributed by atoms with E-state index in [-0.39, 0.29) is 29.8 Å².